The van der Waals surface area contributed by atoms with Crippen molar-refractivity contribution in [2.45, 2.75) is 37.8 Å². The van der Waals surface area contributed by atoms with Crippen LogP contribution in [0.2, 0.25) is 0 Å². The zero-order valence-electron chi connectivity index (χ0n) is 12.2. The van der Waals surface area contributed by atoms with Crippen molar-refractivity contribution in [1.82, 2.24) is 10.2 Å². The van der Waals surface area contributed by atoms with Crippen molar-refractivity contribution < 1.29 is 14.3 Å². The van der Waals surface area contributed by atoms with E-state index >= 15 is 0 Å². The van der Waals surface area contributed by atoms with Crippen molar-refractivity contribution in [3.8, 4) is 5.75 Å². The summed E-state index contributed by atoms with van der Waals surface area (Å²) in [6.45, 7) is 0.590. The van der Waals surface area contributed by atoms with Crippen LogP contribution in [0.15, 0.2) is 24.3 Å². The molecule has 1 spiro atoms. The molecule has 0 radical (unpaired) electrons. The molecule has 0 unspecified atom stereocenters. The van der Waals surface area contributed by atoms with Gasteiger partial charge in [-0.3, -0.25) is 9.59 Å². The number of methoxy groups -OCH3 is 1. The number of nitrogens with zero attached hydrogens (tertiary/aromatic N) is 1. The Morgan fingerprint density at radius 2 is 1.86 bits per heavy atom. The van der Waals surface area contributed by atoms with E-state index in [1.165, 1.54) is 0 Å². The maximum absolute atomic E-state index is 12.3. The van der Waals surface area contributed by atoms with E-state index in [1.807, 2.05) is 24.3 Å². The molecule has 3 rings (SSSR count). The van der Waals surface area contributed by atoms with Gasteiger partial charge < -0.3 is 15.0 Å². The molecule has 1 aliphatic heterocycles. The topological polar surface area (TPSA) is 58.6 Å². The lowest BCUT2D eigenvalue weighted by atomic mass is 9.90. The Balaban J connectivity index is 1.86. The van der Waals surface area contributed by atoms with E-state index in [1.54, 1.807) is 12.0 Å². The van der Waals surface area contributed by atoms with Crippen molar-refractivity contribution in [2.24, 2.45) is 0 Å². The minimum Gasteiger partial charge on any atom is -0.497 e. The number of carbonyl (C=O) groups is 2. The first kappa shape index (κ1) is 13.9. The highest BCUT2D eigenvalue weighted by Crippen LogP contribution is 2.38. The maximum Gasteiger partial charge on any atom is 0.246 e. The van der Waals surface area contributed by atoms with Gasteiger partial charge in [0.2, 0.25) is 11.8 Å². The standard InChI is InChI=1S/C16H20N2O3/c1-21-13-6-4-12(5-7-13)11-18-14(19)10-17-15(20)16(18)8-2-3-9-16/h4-7H,2-3,8-11H2,1H3,(H,17,20). The fourth-order valence-electron chi connectivity index (χ4n) is 3.39. The summed E-state index contributed by atoms with van der Waals surface area (Å²) in [6, 6.07) is 7.65. The Hall–Kier alpha value is -2.04. The number of benzene rings is 1. The molecule has 112 valence electrons. The first-order valence-corrected chi connectivity index (χ1v) is 7.37. The van der Waals surface area contributed by atoms with Gasteiger partial charge in [0.25, 0.3) is 0 Å². The van der Waals surface area contributed by atoms with Crippen molar-refractivity contribution in [1.29, 1.82) is 0 Å². The summed E-state index contributed by atoms with van der Waals surface area (Å²) in [7, 11) is 1.63. The summed E-state index contributed by atoms with van der Waals surface area (Å²) in [4.78, 5) is 26.4. The molecule has 1 aromatic rings. The van der Waals surface area contributed by atoms with Crippen LogP contribution in [0.25, 0.3) is 0 Å². The Kier molecular flexibility index (Phi) is 3.57. The average molecular weight is 288 g/mol. The molecule has 2 aliphatic rings. The van der Waals surface area contributed by atoms with E-state index in [4.69, 9.17) is 4.74 Å². The third-order valence-corrected chi connectivity index (χ3v) is 4.57. The van der Waals surface area contributed by atoms with Gasteiger partial charge in [0.1, 0.15) is 11.3 Å². The predicted molar refractivity (Wildman–Crippen MR) is 77.8 cm³/mol. The largest absolute Gasteiger partial charge is 0.497 e. The summed E-state index contributed by atoms with van der Waals surface area (Å²) >= 11 is 0. The Bertz CT molecular complexity index is 547. The van der Waals surface area contributed by atoms with Crippen LogP contribution in [-0.2, 0) is 16.1 Å². The minimum atomic E-state index is -0.630. The van der Waals surface area contributed by atoms with Gasteiger partial charge in [-0.25, -0.2) is 0 Å². The number of piperazine rings is 1. The van der Waals surface area contributed by atoms with E-state index < -0.39 is 5.54 Å². The van der Waals surface area contributed by atoms with Crippen molar-refractivity contribution in [2.75, 3.05) is 13.7 Å². The molecule has 0 atom stereocenters. The Morgan fingerprint density at radius 1 is 1.19 bits per heavy atom. The molecule has 5 nitrogen and oxygen atoms in total. The molecule has 2 fully saturated rings. The van der Waals surface area contributed by atoms with Crippen LogP contribution in [0, 0.1) is 0 Å². The number of hydrogen-bond acceptors (Lipinski definition) is 3. The van der Waals surface area contributed by atoms with Gasteiger partial charge in [-0.05, 0) is 30.5 Å². The lowest BCUT2D eigenvalue weighted by Crippen LogP contribution is -2.65. The summed E-state index contributed by atoms with van der Waals surface area (Å²) in [5.74, 6) is 0.803. The number of carbonyl (C=O) groups excluding carboxylic acids is 2. The molecule has 1 N–H and O–H groups in total. The number of hydrogen-bond donors (Lipinski definition) is 1. The van der Waals surface area contributed by atoms with Gasteiger partial charge in [-0.15, -0.1) is 0 Å². The fraction of sp³-hybridized carbons (Fsp3) is 0.500. The monoisotopic (exact) mass is 288 g/mol. The van der Waals surface area contributed by atoms with Crippen LogP contribution in [0.5, 0.6) is 5.75 Å². The fourth-order valence-corrected chi connectivity index (χ4v) is 3.39. The molecule has 21 heavy (non-hydrogen) atoms. The number of rotatable bonds is 3. The number of ether oxygens (including phenoxy) is 1. The summed E-state index contributed by atoms with van der Waals surface area (Å²) in [5, 5.41) is 2.75. The zero-order valence-corrected chi connectivity index (χ0v) is 12.2. The predicted octanol–water partition coefficient (Wildman–Crippen LogP) is 1.47. The van der Waals surface area contributed by atoms with E-state index in [0.29, 0.717) is 6.54 Å². The van der Waals surface area contributed by atoms with Crippen LogP contribution < -0.4 is 10.1 Å². The molecular formula is C16H20N2O3. The third-order valence-electron chi connectivity index (χ3n) is 4.57. The highest BCUT2D eigenvalue weighted by molar-refractivity contribution is 5.98. The highest BCUT2D eigenvalue weighted by atomic mass is 16.5. The molecule has 1 heterocycles. The van der Waals surface area contributed by atoms with Crippen LogP contribution >= 0.6 is 0 Å². The van der Waals surface area contributed by atoms with Crippen LogP contribution in [0.3, 0.4) is 0 Å². The lowest BCUT2D eigenvalue weighted by Gasteiger charge is -2.43. The van der Waals surface area contributed by atoms with Crippen LogP contribution in [0.4, 0.5) is 0 Å². The summed E-state index contributed by atoms with van der Waals surface area (Å²) in [6.07, 6.45) is 3.53. The molecule has 0 aromatic heterocycles. The van der Waals surface area contributed by atoms with Gasteiger partial charge in [-0.2, -0.15) is 0 Å². The SMILES string of the molecule is COc1ccc(CN2C(=O)CNC(=O)C23CCCC3)cc1. The first-order chi connectivity index (χ1) is 10.2. The zero-order chi connectivity index (χ0) is 14.9. The van der Waals surface area contributed by atoms with Crippen molar-refractivity contribution in [3.63, 3.8) is 0 Å². The van der Waals surface area contributed by atoms with Crippen molar-refractivity contribution >= 4 is 11.8 Å². The molecule has 1 saturated heterocycles. The second-order valence-electron chi connectivity index (χ2n) is 5.75. The molecule has 1 saturated carbocycles. The first-order valence-electron chi connectivity index (χ1n) is 7.37. The number of nitrogens with one attached hydrogen (secondary N) is 1. The van der Waals surface area contributed by atoms with E-state index in [9.17, 15) is 9.59 Å². The number of amides is 2. The Labute approximate surface area is 124 Å². The molecule has 2 amide bonds. The molecular weight excluding hydrogens is 268 g/mol. The second kappa shape index (κ2) is 5.39. The van der Waals surface area contributed by atoms with Gasteiger partial charge in [0.05, 0.1) is 13.7 Å². The van der Waals surface area contributed by atoms with Crippen LogP contribution in [0.1, 0.15) is 31.2 Å². The van der Waals surface area contributed by atoms with Gasteiger partial charge in [-0.1, -0.05) is 25.0 Å². The Morgan fingerprint density at radius 3 is 2.48 bits per heavy atom. The molecule has 1 aromatic carbocycles. The maximum atomic E-state index is 12.3. The van der Waals surface area contributed by atoms with E-state index in [2.05, 4.69) is 5.32 Å². The van der Waals surface area contributed by atoms with Gasteiger partial charge in [0.15, 0.2) is 0 Å². The third kappa shape index (κ3) is 2.37. The quantitative estimate of drug-likeness (QED) is 0.916. The molecule has 0 bridgehead atoms. The molecule has 5 heteroatoms. The van der Waals surface area contributed by atoms with Gasteiger partial charge in [0, 0.05) is 6.54 Å². The van der Waals surface area contributed by atoms with E-state index in [0.717, 1.165) is 37.0 Å². The average Bonchev–Trinajstić information content (AvgIpc) is 2.99. The summed E-state index contributed by atoms with van der Waals surface area (Å²) in [5.41, 5.74) is 0.389. The smallest absolute Gasteiger partial charge is 0.246 e. The summed E-state index contributed by atoms with van der Waals surface area (Å²) < 4.78 is 5.15. The normalized spacial score (nSPS) is 20.7. The highest BCUT2D eigenvalue weighted by Gasteiger charge is 2.50. The van der Waals surface area contributed by atoms with Crippen molar-refractivity contribution in [3.05, 3.63) is 29.8 Å². The molecule has 1 aliphatic carbocycles. The van der Waals surface area contributed by atoms with Gasteiger partial charge >= 0.3 is 0 Å². The minimum absolute atomic E-state index is 0.00678. The van der Waals surface area contributed by atoms with E-state index in [-0.39, 0.29) is 18.4 Å². The van der Waals surface area contributed by atoms with Crippen LogP contribution in [-0.4, -0.2) is 35.9 Å². The second-order valence-corrected chi connectivity index (χ2v) is 5.75. The lowest BCUT2D eigenvalue weighted by molar-refractivity contribution is -0.154.